The molecule has 2 fully saturated rings. The lowest BCUT2D eigenvalue weighted by atomic mass is 10.1. The van der Waals surface area contributed by atoms with Gasteiger partial charge in [-0.3, -0.25) is 48.3 Å². The summed E-state index contributed by atoms with van der Waals surface area (Å²) in [4.78, 5) is 82.1. The summed E-state index contributed by atoms with van der Waals surface area (Å²) in [6, 6.07) is 15.8. The summed E-state index contributed by atoms with van der Waals surface area (Å²) in [5.74, 6) is 1.37. The van der Waals surface area contributed by atoms with Crippen molar-refractivity contribution < 1.29 is 35.9 Å². The maximum Gasteiger partial charge on any atom is 0.418 e. The Balaban J connectivity index is 0.000000177. The summed E-state index contributed by atoms with van der Waals surface area (Å²) < 4.78 is 82.2. The predicted octanol–water partition coefficient (Wildman–Crippen LogP) is 8.31. The number of pyridine rings is 2. The van der Waals surface area contributed by atoms with Crippen LogP contribution in [0.15, 0.2) is 95.0 Å². The summed E-state index contributed by atoms with van der Waals surface area (Å²) in [6.07, 6.45) is -1.92. The number of aryl methyl sites for hydroxylation is 3. The second-order valence-electron chi connectivity index (χ2n) is 19.4. The van der Waals surface area contributed by atoms with Crippen LogP contribution < -0.4 is 20.9 Å². The van der Waals surface area contributed by atoms with E-state index < -0.39 is 23.5 Å². The number of aromatic amines is 1. The highest BCUT2D eigenvalue weighted by Crippen LogP contribution is 2.34. The van der Waals surface area contributed by atoms with Crippen molar-refractivity contribution >= 4 is 61.4 Å². The molecule has 10 rings (SSSR count). The van der Waals surface area contributed by atoms with Gasteiger partial charge in [0.2, 0.25) is 23.7 Å². The number of fused-ring (bicyclic) bond motifs is 2. The first kappa shape index (κ1) is 57.2. The van der Waals surface area contributed by atoms with Crippen molar-refractivity contribution in [2.75, 3.05) is 49.1 Å². The number of H-pyrrole nitrogens is 1. The van der Waals surface area contributed by atoms with Crippen LogP contribution >= 0.6 is 15.9 Å². The fourth-order valence-electron chi connectivity index (χ4n) is 9.58. The lowest BCUT2D eigenvalue weighted by Crippen LogP contribution is -2.53. The Kier molecular flexibility index (Phi) is 16.8. The fraction of sp³-hybridized carbons (Fsp3) is 0.370. The smallest absolute Gasteiger partial charge is 0.339 e. The zero-order chi connectivity index (χ0) is 57.2. The minimum absolute atomic E-state index is 0.0347. The summed E-state index contributed by atoms with van der Waals surface area (Å²) >= 11 is 2.97. The minimum Gasteiger partial charge on any atom is -0.339 e. The van der Waals surface area contributed by atoms with Crippen LogP contribution in [0.2, 0.25) is 0 Å². The van der Waals surface area contributed by atoms with E-state index in [9.17, 15) is 45.5 Å². The zero-order valence-electron chi connectivity index (χ0n) is 44.5. The number of carbonyl (C=O) groups is 2. The number of hydrogen-bond donors (Lipinski definition) is 1. The van der Waals surface area contributed by atoms with E-state index in [1.807, 2.05) is 34.9 Å². The molecule has 25 heteroatoms. The van der Waals surface area contributed by atoms with Gasteiger partial charge in [-0.15, -0.1) is 0 Å². The van der Waals surface area contributed by atoms with Gasteiger partial charge in [-0.2, -0.15) is 26.3 Å². The maximum absolute atomic E-state index is 13.7. The number of piperazine rings is 2. The Morgan fingerprint density at radius 3 is 1.53 bits per heavy atom. The summed E-state index contributed by atoms with van der Waals surface area (Å²) in [6.45, 7) is 14.2. The molecule has 79 heavy (non-hydrogen) atoms. The van der Waals surface area contributed by atoms with Crippen LogP contribution in [-0.2, 0) is 47.9 Å². The molecule has 8 aromatic rings. The summed E-state index contributed by atoms with van der Waals surface area (Å²) in [5, 5.41) is 4.21. The Morgan fingerprint density at radius 1 is 0.620 bits per heavy atom. The molecule has 2 aromatic carbocycles. The van der Waals surface area contributed by atoms with Gasteiger partial charge in [0.05, 0.1) is 50.9 Å². The molecule has 2 atom stereocenters. The molecule has 1 N–H and O–H groups in total. The Labute approximate surface area is 457 Å². The third kappa shape index (κ3) is 12.7. The van der Waals surface area contributed by atoms with Gasteiger partial charge in [0.15, 0.2) is 0 Å². The van der Waals surface area contributed by atoms with Gasteiger partial charge >= 0.3 is 12.4 Å². The quantitative estimate of drug-likeness (QED) is 0.119. The van der Waals surface area contributed by atoms with E-state index in [2.05, 4.69) is 62.8 Å². The van der Waals surface area contributed by atoms with Crippen LogP contribution in [0.1, 0.15) is 61.6 Å². The van der Waals surface area contributed by atoms with Gasteiger partial charge < -0.3 is 19.6 Å². The number of anilines is 2. The molecule has 2 aliphatic heterocycles. The van der Waals surface area contributed by atoms with Crippen molar-refractivity contribution in [3.05, 3.63) is 140 Å². The first-order valence-electron chi connectivity index (χ1n) is 25.0. The second kappa shape index (κ2) is 23.2. The number of carbonyl (C=O) groups excluding carboxylic acids is 2. The first-order valence-corrected chi connectivity index (χ1v) is 26.2. The van der Waals surface area contributed by atoms with Crippen LogP contribution in [-0.4, -0.2) is 122 Å². The number of benzene rings is 2. The highest BCUT2D eigenvalue weighted by Gasteiger charge is 2.36. The molecule has 18 nitrogen and oxygen atoms in total. The number of nitrogens with zero attached hydrogens (tertiary/aromatic N) is 13. The average molecular weight is 1160 g/mol. The fourth-order valence-corrected chi connectivity index (χ4v) is 10.0. The number of amides is 2. The minimum atomic E-state index is -4.57. The molecule has 0 aliphatic carbocycles. The summed E-state index contributed by atoms with van der Waals surface area (Å²) in [5.41, 5.74) is 3.58. The van der Waals surface area contributed by atoms with E-state index in [0.717, 1.165) is 40.9 Å². The van der Waals surface area contributed by atoms with E-state index in [1.54, 1.807) is 82.6 Å². The van der Waals surface area contributed by atoms with Crippen molar-refractivity contribution in [1.82, 2.24) is 58.8 Å². The molecule has 2 aliphatic rings. The van der Waals surface area contributed by atoms with Crippen molar-refractivity contribution in [2.24, 2.45) is 14.1 Å². The Hall–Kier alpha value is -7.96. The van der Waals surface area contributed by atoms with Crippen LogP contribution in [0.4, 0.5) is 38.2 Å². The third-order valence-electron chi connectivity index (χ3n) is 13.9. The standard InChI is InChI=1S/C27H28F3N7O2.C19H22N6O2.C8H7BrF3N/c1-16-5-8-22(27(28,29)30)23(33-16)15-37-24-11-19(6-7-21(24)25(39)34(37)4)20-12-31-26(32-13-20)36-10-9-35(18(3)38)14-17(36)2;1-12-11-24(13(2)26)6-7-25(12)19-20-9-15(10-21-19)14-4-5-16-17(8-14)22-23(3)18(16)27;1-5-2-3-6(8(10,11)12)7(4-9)13-5/h5-8,11-13,17H,9-10,14-15H2,1-4H3;4-5,8-10,12,22H,6-7,11H2,1-3H3;2-3H,4H2,1H3/t17-;12-;/m11./s1. The zero-order valence-corrected chi connectivity index (χ0v) is 46.1. The summed E-state index contributed by atoms with van der Waals surface area (Å²) in [7, 11) is 3.23. The molecule has 8 heterocycles. The van der Waals surface area contributed by atoms with Crippen molar-refractivity contribution in [1.29, 1.82) is 0 Å². The molecular weight excluding hydrogens is 1100 g/mol. The Bertz CT molecular complexity index is 3650. The molecular formula is C54H57BrF6N14O4. The second-order valence-corrected chi connectivity index (χ2v) is 20.0. The molecule has 0 saturated carbocycles. The van der Waals surface area contributed by atoms with E-state index in [-0.39, 0.29) is 58.3 Å². The molecule has 416 valence electrons. The van der Waals surface area contributed by atoms with E-state index in [0.29, 0.717) is 77.9 Å². The molecule has 2 amide bonds. The molecule has 2 saturated heterocycles. The van der Waals surface area contributed by atoms with Crippen molar-refractivity contribution in [3.63, 3.8) is 0 Å². The van der Waals surface area contributed by atoms with Crippen molar-refractivity contribution in [3.8, 4) is 22.3 Å². The van der Waals surface area contributed by atoms with Crippen LogP contribution in [0, 0.1) is 13.8 Å². The number of rotatable bonds is 7. The number of alkyl halides is 7. The van der Waals surface area contributed by atoms with Gasteiger partial charge in [-0.05, 0) is 87.4 Å². The lowest BCUT2D eigenvalue weighted by Gasteiger charge is -2.39. The molecule has 6 aromatic heterocycles. The molecule has 0 spiro atoms. The van der Waals surface area contributed by atoms with E-state index >= 15 is 0 Å². The SMILES string of the molecule is CC(=O)N1CCN(c2ncc(-c3ccc4c(=O)n(C)[nH]c4c3)cn2)[C@H](C)C1.CC(=O)N1CCN(c2ncc(-c3ccc4c(=O)n(C)n(Cc5nc(C)ccc5C(F)(F)F)c4c3)cn2)[C@H](C)C1.Cc1ccc(C(F)(F)F)c(CBr)n1. The number of halogens is 7. The first-order chi connectivity index (χ1) is 37.3. The average Bonchev–Trinajstić information content (AvgIpc) is 3.89. The molecule has 0 radical (unpaired) electrons. The normalized spacial score (nSPS) is 15.9. The van der Waals surface area contributed by atoms with Gasteiger partial charge in [-0.1, -0.05) is 28.1 Å². The highest BCUT2D eigenvalue weighted by molar-refractivity contribution is 9.08. The van der Waals surface area contributed by atoms with Crippen LogP contribution in [0.3, 0.4) is 0 Å². The maximum atomic E-state index is 13.7. The van der Waals surface area contributed by atoms with E-state index in [1.165, 1.54) is 33.2 Å². The monoisotopic (exact) mass is 1160 g/mol. The number of nitrogens with one attached hydrogen (secondary N) is 1. The Morgan fingerprint density at radius 2 is 1.08 bits per heavy atom. The topological polar surface area (TPSA) is 189 Å². The highest BCUT2D eigenvalue weighted by atomic mass is 79.9. The van der Waals surface area contributed by atoms with Crippen LogP contribution in [0.5, 0.6) is 0 Å². The van der Waals surface area contributed by atoms with Gasteiger partial charge in [0, 0.05) is 132 Å². The van der Waals surface area contributed by atoms with Gasteiger partial charge in [-0.25, -0.2) is 19.9 Å². The molecule has 0 bridgehead atoms. The lowest BCUT2D eigenvalue weighted by molar-refractivity contribution is -0.139. The number of hydrogen-bond acceptors (Lipinski definition) is 12. The third-order valence-corrected chi connectivity index (χ3v) is 14.4. The van der Waals surface area contributed by atoms with Gasteiger partial charge in [0.1, 0.15) is 0 Å². The van der Waals surface area contributed by atoms with Gasteiger partial charge in [0.25, 0.3) is 11.1 Å². The van der Waals surface area contributed by atoms with Crippen molar-refractivity contribution in [2.45, 2.75) is 77.9 Å². The molecule has 0 unspecified atom stereocenters. The van der Waals surface area contributed by atoms with E-state index in [4.69, 9.17) is 0 Å². The predicted molar refractivity (Wildman–Crippen MR) is 291 cm³/mol. The number of aromatic nitrogens is 10. The largest absolute Gasteiger partial charge is 0.418 e. The van der Waals surface area contributed by atoms with Crippen LogP contribution in [0.25, 0.3) is 44.1 Å².